The van der Waals surface area contributed by atoms with Crippen molar-refractivity contribution >= 4 is 16.8 Å². The van der Waals surface area contributed by atoms with Crippen LogP contribution < -0.4 is 0 Å². The van der Waals surface area contributed by atoms with Crippen molar-refractivity contribution in [2.45, 2.75) is 6.92 Å². The number of halogens is 2. The highest BCUT2D eigenvalue weighted by Gasteiger charge is 2.33. The van der Waals surface area contributed by atoms with Gasteiger partial charge in [0, 0.05) is 5.56 Å². The number of nitrogens with zero attached hydrogens (tertiary/aromatic N) is 2. The molecule has 3 N–H and O–H groups in total. The number of para-hydroxylation sites is 2. The van der Waals surface area contributed by atoms with Crippen molar-refractivity contribution < 1.29 is 28.2 Å². The van der Waals surface area contributed by atoms with Crippen LogP contribution in [0.2, 0.25) is 0 Å². The lowest BCUT2D eigenvalue weighted by Crippen LogP contribution is -2.06. The molecule has 0 amide bonds. The highest BCUT2D eigenvalue weighted by atomic mass is 19.2. The molecule has 0 saturated heterocycles. The first kappa shape index (κ1) is 19.6. The number of aryl methyl sites for hydroxylation is 1. The third kappa shape index (κ3) is 2.86. The summed E-state index contributed by atoms with van der Waals surface area (Å²) in [5.74, 6) is -4.53. The van der Waals surface area contributed by atoms with Gasteiger partial charge in [0.05, 0.1) is 22.3 Å². The Morgan fingerprint density at radius 1 is 1.06 bits per heavy atom. The van der Waals surface area contributed by atoms with Gasteiger partial charge < -0.3 is 19.6 Å². The molecule has 0 fully saturated rings. The van der Waals surface area contributed by atoms with E-state index in [0.717, 1.165) is 10.6 Å². The number of carbonyl (C=O) groups excluding carboxylic acids is 1. The molecule has 0 atom stereocenters. The molecule has 0 spiro atoms. The number of ketones is 1. The predicted octanol–water partition coefficient (Wildman–Crippen LogP) is 4.84. The molecule has 0 radical (unpaired) electrons. The number of H-pyrrole nitrogens is 1. The molecule has 2 aromatic carbocycles. The van der Waals surface area contributed by atoms with Gasteiger partial charge in [-0.3, -0.25) is 4.79 Å². The largest absolute Gasteiger partial charge is 0.503 e. The van der Waals surface area contributed by atoms with Crippen LogP contribution in [0, 0.1) is 18.6 Å². The topological polar surface area (TPSA) is 104 Å². The van der Waals surface area contributed by atoms with E-state index in [2.05, 4.69) is 9.97 Å². The molecule has 3 heterocycles. The summed E-state index contributed by atoms with van der Waals surface area (Å²) in [5.41, 5.74) is 0.0233. The van der Waals surface area contributed by atoms with Crippen LogP contribution in [0.4, 0.5) is 8.78 Å². The Labute approximate surface area is 179 Å². The van der Waals surface area contributed by atoms with Crippen LogP contribution in [-0.4, -0.2) is 30.5 Å². The number of rotatable bonds is 4. The van der Waals surface area contributed by atoms with Crippen molar-refractivity contribution in [2.24, 2.45) is 0 Å². The highest BCUT2D eigenvalue weighted by Crippen LogP contribution is 2.44. The van der Waals surface area contributed by atoms with Gasteiger partial charge in [0.25, 0.3) is 0 Å². The third-order valence-corrected chi connectivity index (χ3v) is 5.11. The van der Waals surface area contributed by atoms with E-state index < -0.39 is 34.6 Å². The zero-order chi connectivity index (χ0) is 22.6. The van der Waals surface area contributed by atoms with Gasteiger partial charge in [0.15, 0.2) is 23.1 Å². The molecule has 0 saturated carbocycles. The van der Waals surface area contributed by atoms with Crippen LogP contribution >= 0.6 is 0 Å². The van der Waals surface area contributed by atoms with Gasteiger partial charge in [-0.1, -0.05) is 18.2 Å². The summed E-state index contributed by atoms with van der Waals surface area (Å²) in [6.45, 7) is 1.63. The van der Waals surface area contributed by atoms with E-state index in [1.165, 1.54) is 18.2 Å². The maximum atomic E-state index is 14.9. The van der Waals surface area contributed by atoms with E-state index in [0.29, 0.717) is 16.8 Å². The van der Waals surface area contributed by atoms with Crippen LogP contribution in [-0.2, 0) is 0 Å². The molecule has 7 nitrogen and oxygen atoms in total. The second kappa shape index (κ2) is 7.09. The Morgan fingerprint density at radius 2 is 1.84 bits per heavy atom. The molecule has 0 aliphatic heterocycles. The molecule has 0 aliphatic rings. The Kier molecular flexibility index (Phi) is 4.33. The van der Waals surface area contributed by atoms with Gasteiger partial charge in [-0.25, -0.2) is 18.3 Å². The monoisotopic (exact) mass is 435 g/mol. The smallest absolute Gasteiger partial charge is 0.242 e. The summed E-state index contributed by atoms with van der Waals surface area (Å²) in [5, 5.41) is 21.5. The molecule has 3 aromatic heterocycles. The average molecular weight is 435 g/mol. The van der Waals surface area contributed by atoms with Crippen molar-refractivity contribution in [1.29, 1.82) is 0 Å². The van der Waals surface area contributed by atoms with Crippen LogP contribution in [0.1, 0.15) is 21.9 Å². The fourth-order valence-corrected chi connectivity index (χ4v) is 3.64. The van der Waals surface area contributed by atoms with Crippen molar-refractivity contribution in [1.82, 2.24) is 14.5 Å². The van der Waals surface area contributed by atoms with Gasteiger partial charge in [-0.2, -0.15) is 0 Å². The van der Waals surface area contributed by atoms with Crippen molar-refractivity contribution in [3.63, 3.8) is 0 Å². The number of hydrogen-bond acceptors (Lipinski definition) is 5. The highest BCUT2D eigenvalue weighted by molar-refractivity contribution is 6.14. The number of carbonyl (C=O) groups is 1. The van der Waals surface area contributed by atoms with E-state index >= 15 is 0 Å². The van der Waals surface area contributed by atoms with E-state index in [-0.39, 0.29) is 23.0 Å². The zero-order valence-corrected chi connectivity index (χ0v) is 16.6. The predicted molar refractivity (Wildman–Crippen MR) is 111 cm³/mol. The lowest BCUT2D eigenvalue weighted by atomic mass is 10.0. The number of aromatic hydroxyl groups is 2. The van der Waals surface area contributed by atoms with E-state index in [4.69, 9.17) is 4.42 Å². The molecular weight excluding hydrogens is 420 g/mol. The Morgan fingerprint density at radius 3 is 2.56 bits per heavy atom. The number of benzene rings is 2. The van der Waals surface area contributed by atoms with Gasteiger partial charge in [-0.05, 0) is 43.3 Å². The number of nitrogens with one attached hydrogen (secondary N) is 1. The van der Waals surface area contributed by atoms with Crippen molar-refractivity contribution in [3.8, 4) is 28.8 Å². The minimum atomic E-state index is -1.26. The Bertz CT molecular complexity index is 1480. The lowest BCUT2D eigenvalue weighted by molar-refractivity contribution is 0.101. The lowest BCUT2D eigenvalue weighted by Gasteiger charge is -2.10. The third-order valence-electron chi connectivity index (χ3n) is 5.11. The quantitative estimate of drug-likeness (QED) is 0.351. The summed E-state index contributed by atoms with van der Waals surface area (Å²) in [6, 6.07) is 13.3. The number of hydrogen-bond donors (Lipinski definition) is 3. The molecule has 9 heteroatoms. The first-order valence-corrected chi connectivity index (χ1v) is 9.54. The summed E-state index contributed by atoms with van der Waals surface area (Å²) < 4.78 is 35.3. The number of aromatic amines is 1. The van der Waals surface area contributed by atoms with Crippen LogP contribution in [0.25, 0.3) is 28.2 Å². The molecule has 32 heavy (non-hydrogen) atoms. The van der Waals surface area contributed by atoms with E-state index in [1.54, 1.807) is 37.3 Å². The summed E-state index contributed by atoms with van der Waals surface area (Å²) >= 11 is 0. The summed E-state index contributed by atoms with van der Waals surface area (Å²) in [4.78, 5) is 20.5. The SMILES string of the molecule is Cc1ccc(C(=O)c2c(O)c(O)n(-c3nc4ccccc4[nH]3)c2-c2cccc(F)c2F)o1. The van der Waals surface area contributed by atoms with E-state index in [1.807, 2.05) is 0 Å². The van der Waals surface area contributed by atoms with Crippen molar-refractivity contribution in [2.75, 3.05) is 0 Å². The number of furan rings is 1. The molecular formula is C23H15F2N3O4. The second-order valence-corrected chi connectivity index (χ2v) is 7.15. The number of aromatic nitrogens is 3. The van der Waals surface area contributed by atoms with Crippen molar-refractivity contribution in [3.05, 3.63) is 83.3 Å². The fourth-order valence-electron chi connectivity index (χ4n) is 3.64. The Hall–Kier alpha value is -4.40. The molecule has 0 unspecified atom stereocenters. The minimum absolute atomic E-state index is 0.00710. The van der Waals surface area contributed by atoms with Gasteiger partial charge in [-0.15, -0.1) is 0 Å². The minimum Gasteiger partial charge on any atom is -0.503 e. The van der Waals surface area contributed by atoms with E-state index in [9.17, 15) is 23.8 Å². The molecule has 160 valence electrons. The van der Waals surface area contributed by atoms with Gasteiger partial charge in [0.2, 0.25) is 17.6 Å². The molecule has 0 aliphatic carbocycles. The van der Waals surface area contributed by atoms with Gasteiger partial charge >= 0.3 is 0 Å². The maximum absolute atomic E-state index is 14.9. The first-order valence-electron chi connectivity index (χ1n) is 9.54. The van der Waals surface area contributed by atoms with Crippen LogP contribution in [0.5, 0.6) is 11.6 Å². The maximum Gasteiger partial charge on any atom is 0.242 e. The number of imidazole rings is 1. The Balaban J connectivity index is 1.86. The van der Waals surface area contributed by atoms with Crippen LogP contribution in [0.15, 0.2) is 59.0 Å². The second-order valence-electron chi connectivity index (χ2n) is 7.15. The molecule has 5 rings (SSSR count). The molecule has 0 bridgehead atoms. The first-order chi connectivity index (χ1) is 15.4. The van der Waals surface area contributed by atoms with Crippen LogP contribution in [0.3, 0.4) is 0 Å². The van der Waals surface area contributed by atoms with Gasteiger partial charge in [0.1, 0.15) is 5.76 Å². The standard InChI is InChI=1S/C23H15F2N3O4/c1-11-9-10-16(32-11)20(29)17-19(12-5-4-6-13(24)18(12)25)28(22(31)21(17)30)23-26-14-7-2-3-8-15(14)27-23/h2-10,30-31H,1H3,(H,26,27). The summed E-state index contributed by atoms with van der Waals surface area (Å²) in [7, 11) is 0. The summed E-state index contributed by atoms with van der Waals surface area (Å²) in [6.07, 6.45) is 0. The zero-order valence-electron chi connectivity index (χ0n) is 16.6. The fraction of sp³-hybridized carbons (Fsp3) is 0.0435. The number of fused-ring (bicyclic) bond motifs is 1. The molecule has 5 aromatic rings. The average Bonchev–Trinajstić information content (AvgIpc) is 3.46. The normalized spacial score (nSPS) is 11.3.